The number of para-hydroxylation sites is 1. The van der Waals surface area contributed by atoms with Crippen molar-refractivity contribution in [2.75, 3.05) is 45.1 Å². The maximum absolute atomic E-state index is 14.0. The average molecular weight is 593 g/mol. The van der Waals surface area contributed by atoms with Gasteiger partial charge in [0.25, 0.3) is 0 Å². The maximum Gasteiger partial charge on any atom is 0.250 e. The Kier molecular flexibility index (Phi) is 7.42. The summed E-state index contributed by atoms with van der Waals surface area (Å²) in [6.07, 6.45) is 0.594. The smallest absolute Gasteiger partial charge is 0.250 e. The minimum atomic E-state index is -3.75. The molecule has 0 atom stereocenters. The van der Waals surface area contributed by atoms with E-state index in [4.69, 9.17) is 14.2 Å². The first-order valence-electron chi connectivity index (χ1n) is 13.7. The standard InChI is InChI=1S/C30H32N4O7S/c1-39-24-8-10-25(11-9-24)42(37,38)33-15-13-30(14-16-33)29(36)32(20-34(30)23-5-3-2-4-6-23)19-28(35)31-18-22-7-12-26-27(17-22)41-21-40-26/h2-12,17H,13-16,18-21H2,1H3,(H,31,35). The van der Waals surface area contributed by atoms with E-state index in [1.165, 1.54) is 23.5 Å². The van der Waals surface area contributed by atoms with Gasteiger partial charge in [0.05, 0.1) is 18.7 Å². The highest BCUT2D eigenvalue weighted by molar-refractivity contribution is 7.89. The van der Waals surface area contributed by atoms with E-state index in [0.717, 1.165) is 11.3 Å². The van der Waals surface area contributed by atoms with E-state index in [1.54, 1.807) is 23.1 Å². The van der Waals surface area contributed by atoms with Crippen LogP contribution in [0.25, 0.3) is 0 Å². The highest BCUT2D eigenvalue weighted by Gasteiger charge is 2.55. The molecule has 42 heavy (non-hydrogen) atoms. The molecular weight excluding hydrogens is 560 g/mol. The van der Waals surface area contributed by atoms with Crippen LogP contribution in [0.15, 0.2) is 77.7 Å². The molecule has 3 aliphatic rings. The SMILES string of the molecule is COc1ccc(S(=O)(=O)N2CCC3(CC2)C(=O)N(CC(=O)NCc2ccc4c(c2)OCO4)CN3c2ccccc2)cc1. The number of hydrogen-bond donors (Lipinski definition) is 1. The quantitative estimate of drug-likeness (QED) is 0.424. The molecule has 1 N–H and O–H groups in total. The number of carbonyl (C=O) groups excluding carboxylic acids is 2. The lowest BCUT2D eigenvalue weighted by molar-refractivity contribution is -0.137. The fraction of sp³-hybridized carbons (Fsp3) is 0.333. The van der Waals surface area contributed by atoms with Gasteiger partial charge in [-0.3, -0.25) is 9.59 Å². The van der Waals surface area contributed by atoms with E-state index in [-0.39, 0.29) is 56.4 Å². The molecule has 11 nitrogen and oxygen atoms in total. The molecule has 0 aromatic heterocycles. The van der Waals surface area contributed by atoms with Crippen molar-refractivity contribution in [3.05, 3.63) is 78.4 Å². The van der Waals surface area contributed by atoms with Crippen LogP contribution >= 0.6 is 0 Å². The van der Waals surface area contributed by atoms with Gasteiger partial charge in [-0.2, -0.15) is 4.31 Å². The molecular formula is C30H32N4O7S. The van der Waals surface area contributed by atoms with Crippen LogP contribution in [-0.2, 0) is 26.2 Å². The number of methoxy groups -OCH3 is 1. The van der Waals surface area contributed by atoms with Crippen molar-refractivity contribution in [3.63, 3.8) is 0 Å². The first-order valence-corrected chi connectivity index (χ1v) is 15.2. The van der Waals surface area contributed by atoms with Crippen LogP contribution in [0.1, 0.15) is 18.4 Å². The Hall–Kier alpha value is -4.29. The number of ether oxygens (including phenoxy) is 3. The van der Waals surface area contributed by atoms with Crippen molar-refractivity contribution < 1.29 is 32.2 Å². The molecule has 12 heteroatoms. The van der Waals surface area contributed by atoms with Crippen molar-refractivity contribution in [2.45, 2.75) is 29.8 Å². The summed E-state index contributed by atoms with van der Waals surface area (Å²) in [5.74, 6) is 1.41. The first-order chi connectivity index (χ1) is 20.3. The Morgan fingerprint density at radius 3 is 2.40 bits per heavy atom. The predicted molar refractivity (Wildman–Crippen MR) is 154 cm³/mol. The number of piperidine rings is 1. The molecule has 3 aromatic rings. The zero-order valence-electron chi connectivity index (χ0n) is 23.2. The van der Waals surface area contributed by atoms with Gasteiger partial charge < -0.3 is 29.3 Å². The number of benzene rings is 3. The van der Waals surface area contributed by atoms with Crippen molar-refractivity contribution in [2.24, 2.45) is 0 Å². The highest BCUT2D eigenvalue weighted by atomic mass is 32.2. The molecule has 3 aromatic carbocycles. The Morgan fingerprint density at radius 1 is 0.976 bits per heavy atom. The molecule has 2 amide bonds. The van der Waals surface area contributed by atoms with Crippen molar-refractivity contribution >= 4 is 27.5 Å². The number of hydrogen-bond acceptors (Lipinski definition) is 8. The number of anilines is 1. The minimum absolute atomic E-state index is 0.109. The zero-order valence-corrected chi connectivity index (χ0v) is 24.0. The number of nitrogens with zero attached hydrogens (tertiary/aromatic N) is 3. The highest BCUT2D eigenvalue weighted by Crippen LogP contribution is 2.40. The lowest BCUT2D eigenvalue weighted by atomic mass is 9.86. The second-order valence-electron chi connectivity index (χ2n) is 10.5. The van der Waals surface area contributed by atoms with Gasteiger partial charge >= 0.3 is 0 Å². The third kappa shape index (κ3) is 5.12. The number of nitrogens with one attached hydrogen (secondary N) is 1. The van der Waals surface area contributed by atoms with Gasteiger partial charge in [0.15, 0.2) is 11.5 Å². The predicted octanol–water partition coefficient (Wildman–Crippen LogP) is 2.57. The van der Waals surface area contributed by atoms with Gasteiger partial charge in [-0.25, -0.2) is 8.42 Å². The van der Waals surface area contributed by atoms with Crippen LogP contribution in [0.4, 0.5) is 5.69 Å². The van der Waals surface area contributed by atoms with Crippen LogP contribution in [-0.4, -0.2) is 75.2 Å². The molecule has 6 rings (SSSR count). The van der Waals surface area contributed by atoms with E-state index >= 15 is 0 Å². The van der Waals surface area contributed by atoms with E-state index in [0.29, 0.717) is 30.1 Å². The Balaban J connectivity index is 1.16. The second kappa shape index (κ2) is 11.2. The van der Waals surface area contributed by atoms with Crippen molar-refractivity contribution in [1.29, 1.82) is 0 Å². The largest absolute Gasteiger partial charge is 0.497 e. The number of carbonyl (C=O) groups is 2. The molecule has 2 fully saturated rings. The van der Waals surface area contributed by atoms with E-state index in [2.05, 4.69) is 5.32 Å². The lowest BCUT2D eigenvalue weighted by Gasteiger charge is -2.42. The van der Waals surface area contributed by atoms with Crippen LogP contribution in [0.5, 0.6) is 17.2 Å². The summed E-state index contributed by atoms with van der Waals surface area (Å²) in [5.41, 5.74) is 0.749. The Bertz CT molecular complexity index is 1570. The monoisotopic (exact) mass is 592 g/mol. The van der Waals surface area contributed by atoms with Crippen molar-refractivity contribution in [3.8, 4) is 17.2 Å². The van der Waals surface area contributed by atoms with Gasteiger partial charge in [-0.1, -0.05) is 24.3 Å². The summed E-state index contributed by atoms with van der Waals surface area (Å²) in [5, 5.41) is 2.89. The van der Waals surface area contributed by atoms with Crippen LogP contribution < -0.4 is 24.4 Å². The normalized spacial score (nSPS) is 18.0. The molecule has 0 unspecified atom stereocenters. The molecule has 0 bridgehead atoms. The van der Waals surface area contributed by atoms with Gasteiger partial charge in [0.2, 0.25) is 28.6 Å². The zero-order chi connectivity index (χ0) is 29.3. The fourth-order valence-electron chi connectivity index (χ4n) is 5.80. The Morgan fingerprint density at radius 2 is 1.69 bits per heavy atom. The van der Waals surface area contributed by atoms with Crippen LogP contribution in [0.2, 0.25) is 0 Å². The summed E-state index contributed by atoms with van der Waals surface area (Å²) in [4.78, 5) is 30.7. The van der Waals surface area contributed by atoms with E-state index in [1.807, 2.05) is 47.4 Å². The van der Waals surface area contributed by atoms with E-state index in [9.17, 15) is 18.0 Å². The summed E-state index contributed by atoms with van der Waals surface area (Å²) < 4.78 is 44.1. The van der Waals surface area contributed by atoms with E-state index < -0.39 is 15.6 Å². The maximum atomic E-state index is 14.0. The molecule has 2 saturated heterocycles. The average Bonchev–Trinajstić information content (AvgIpc) is 3.59. The summed E-state index contributed by atoms with van der Waals surface area (Å²) >= 11 is 0. The number of rotatable bonds is 8. The number of amides is 2. The number of sulfonamides is 1. The van der Waals surface area contributed by atoms with Crippen LogP contribution in [0, 0.1) is 0 Å². The molecule has 0 radical (unpaired) electrons. The van der Waals surface area contributed by atoms with Crippen molar-refractivity contribution in [1.82, 2.24) is 14.5 Å². The first kappa shape index (κ1) is 27.9. The van der Waals surface area contributed by atoms with Gasteiger partial charge in [0, 0.05) is 25.3 Å². The fourth-order valence-corrected chi connectivity index (χ4v) is 7.24. The summed E-state index contributed by atoms with van der Waals surface area (Å²) in [6.45, 7) is 0.922. The summed E-state index contributed by atoms with van der Waals surface area (Å²) in [6, 6.07) is 21.3. The van der Waals surface area contributed by atoms with Gasteiger partial charge in [0.1, 0.15) is 17.8 Å². The Labute approximate surface area is 244 Å². The lowest BCUT2D eigenvalue weighted by Crippen LogP contribution is -2.57. The molecule has 220 valence electrons. The topological polar surface area (TPSA) is 118 Å². The van der Waals surface area contributed by atoms with Crippen LogP contribution in [0.3, 0.4) is 0 Å². The molecule has 0 saturated carbocycles. The molecule has 1 spiro atoms. The third-order valence-electron chi connectivity index (χ3n) is 8.09. The number of fused-ring (bicyclic) bond motifs is 1. The van der Waals surface area contributed by atoms with Gasteiger partial charge in [-0.15, -0.1) is 0 Å². The minimum Gasteiger partial charge on any atom is -0.497 e. The molecule has 3 aliphatic heterocycles. The molecule has 3 heterocycles. The summed E-state index contributed by atoms with van der Waals surface area (Å²) in [7, 11) is -2.22. The second-order valence-corrected chi connectivity index (χ2v) is 12.4. The van der Waals surface area contributed by atoms with Gasteiger partial charge in [-0.05, 0) is 66.9 Å². The third-order valence-corrected chi connectivity index (χ3v) is 10.0. The molecule has 0 aliphatic carbocycles.